The van der Waals surface area contributed by atoms with Crippen molar-refractivity contribution in [2.24, 2.45) is 0 Å². The first-order valence-electron chi connectivity index (χ1n) is 6.54. The van der Waals surface area contributed by atoms with Gasteiger partial charge in [0.15, 0.2) is 0 Å². The molecule has 0 bridgehead atoms. The average molecular weight is 540 g/mol. The molecule has 2 rings (SSSR count). The molecule has 27 heavy (non-hydrogen) atoms. The predicted molar refractivity (Wildman–Crippen MR) is 81.3 cm³/mol. The summed E-state index contributed by atoms with van der Waals surface area (Å²) in [6.07, 6.45) is 0. The SMILES string of the molecule is O=C(O)c1ccc(P(=O)([O-])[O-])cc1.O=C(O)c1ccc(P(=O)([O-])[O-])cc1.[Ce+4]. The van der Waals surface area contributed by atoms with Gasteiger partial charge in [-0.2, -0.15) is 0 Å². The van der Waals surface area contributed by atoms with Crippen molar-refractivity contribution in [3.63, 3.8) is 0 Å². The molecule has 0 radical (unpaired) electrons. The number of rotatable bonds is 4. The van der Waals surface area contributed by atoms with Gasteiger partial charge in [0.2, 0.25) is 0 Å². The van der Waals surface area contributed by atoms with E-state index in [2.05, 4.69) is 0 Å². The summed E-state index contributed by atoms with van der Waals surface area (Å²) in [5.74, 6) is -2.34. The smallest absolute Gasteiger partial charge is 0.807 e. The van der Waals surface area contributed by atoms with Crippen LogP contribution < -0.4 is 30.2 Å². The molecule has 0 saturated heterocycles. The largest absolute Gasteiger partial charge is 4.00 e. The maximum atomic E-state index is 10.4. The van der Waals surface area contributed by atoms with Crippen molar-refractivity contribution in [2.45, 2.75) is 0 Å². The molecular weight excluding hydrogens is 530 g/mol. The minimum absolute atomic E-state index is 0. The van der Waals surface area contributed by atoms with Gasteiger partial charge in [-0.1, -0.05) is 24.3 Å². The summed E-state index contributed by atoms with van der Waals surface area (Å²) in [6.45, 7) is 0. The zero-order chi connectivity index (χ0) is 20.1. The van der Waals surface area contributed by atoms with E-state index in [0.717, 1.165) is 48.5 Å². The number of hydrogen-bond donors (Lipinski definition) is 2. The molecule has 0 unspecified atom stereocenters. The fraction of sp³-hybridized carbons (Fsp3) is 0. The van der Waals surface area contributed by atoms with Crippen LogP contribution >= 0.6 is 15.2 Å². The van der Waals surface area contributed by atoms with Crippen LogP contribution in [0.1, 0.15) is 20.7 Å². The van der Waals surface area contributed by atoms with Crippen LogP contribution in [0.5, 0.6) is 0 Å². The second-order valence-corrected chi connectivity index (χ2v) is 7.72. The van der Waals surface area contributed by atoms with Crippen LogP contribution in [0.25, 0.3) is 0 Å². The van der Waals surface area contributed by atoms with Gasteiger partial charge in [-0.15, -0.1) is 0 Å². The molecule has 10 nitrogen and oxygen atoms in total. The first-order chi connectivity index (χ1) is 11.8. The van der Waals surface area contributed by atoms with Crippen LogP contribution in [0.3, 0.4) is 0 Å². The zero-order valence-corrected chi connectivity index (χ0v) is 18.1. The molecule has 2 aromatic rings. The van der Waals surface area contributed by atoms with Crippen molar-refractivity contribution in [3.05, 3.63) is 59.7 Å². The quantitative estimate of drug-likeness (QED) is 0.403. The third-order valence-electron chi connectivity index (χ3n) is 2.86. The Bertz CT molecular complexity index is 808. The summed E-state index contributed by atoms with van der Waals surface area (Å²) in [4.78, 5) is 62.4. The zero-order valence-electron chi connectivity index (χ0n) is 13.2. The van der Waals surface area contributed by atoms with Gasteiger partial charge in [0.25, 0.3) is 0 Å². The number of carbonyl (C=O) groups is 2. The van der Waals surface area contributed by atoms with E-state index in [-0.39, 0.29) is 52.9 Å². The van der Waals surface area contributed by atoms with Crippen LogP contribution in [-0.2, 0) is 9.13 Å². The van der Waals surface area contributed by atoms with E-state index in [1.54, 1.807) is 0 Å². The van der Waals surface area contributed by atoms with Crippen LogP contribution in [0.15, 0.2) is 48.5 Å². The van der Waals surface area contributed by atoms with Gasteiger partial charge >= 0.3 is 53.7 Å². The Kier molecular flexibility index (Phi) is 10.2. The summed E-state index contributed by atoms with van der Waals surface area (Å²) < 4.78 is 20.9. The van der Waals surface area contributed by atoms with E-state index in [4.69, 9.17) is 10.2 Å². The van der Waals surface area contributed by atoms with Gasteiger partial charge in [0, 0.05) is 0 Å². The third kappa shape index (κ3) is 8.73. The fourth-order valence-corrected chi connectivity index (χ4v) is 2.60. The molecule has 0 atom stereocenters. The molecule has 0 amide bonds. The Balaban J connectivity index is 0.000000483. The Morgan fingerprint density at radius 2 is 0.852 bits per heavy atom. The van der Waals surface area contributed by atoms with Crippen LogP contribution in [0.2, 0.25) is 0 Å². The van der Waals surface area contributed by atoms with Gasteiger partial charge in [0.05, 0.1) is 11.1 Å². The van der Waals surface area contributed by atoms with Crippen LogP contribution in [0.4, 0.5) is 0 Å². The molecule has 140 valence electrons. The number of hydrogen-bond acceptors (Lipinski definition) is 8. The van der Waals surface area contributed by atoms with E-state index in [1.807, 2.05) is 0 Å². The Morgan fingerprint density at radius 3 is 1.00 bits per heavy atom. The van der Waals surface area contributed by atoms with Crippen molar-refractivity contribution in [1.29, 1.82) is 0 Å². The van der Waals surface area contributed by atoms with Crippen molar-refractivity contribution in [3.8, 4) is 0 Å². The molecule has 0 fully saturated rings. The number of aromatic carboxylic acids is 2. The maximum Gasteiger partial charge on any atom is 4.00 e. The van der Waals surface area contributed by atoms with Crippen LogP contribution in [0, 0.1) is 41.7 Å². The Morgan fingerprint density at radius 1 is 0.630 bits per heavy atom. The standard InChI is InChI=1S/2C7H7O5P.Ce/c2*8-7(9)5-1-3-6(4-2-5)13(10,11)12;/h2*1-4H,(H,8,9)(H2,10,11,12);/q;;+4/p-4. The minimum atomic E-state index is -4.76. The van der Waals surface area contributed by atoms with Gasteiger partial charge in [-0.3, -0.25) is 0 Å². The summed E-state index contributed by atoms with van der Waals surface area (Å²) in [6, 6.07) is 8.18. The Labute approximate surface area is 186 Å². The van der Waals surface area contributed by atoms with Gasteiger partial charge < -0.3 is 38.9 Å². The van der Waals surface area contributed by atoms with Crippen LogP contribution in [-0.4, -0.2) is 22.2 Å². The number of benzene rings is 2. The summed E-state index contributed by atoms with van der Waals surface area (Å²) in [5.41, 5.74) is -0.116. The van der Waals surface area contributed by atoms with Gasteiger partial charge in [-0.25, -0.2) is 9.59 Å². The van der Waals surface area contributed by atoms with Crippen molar-refractivity contribution < 1.29 is 90.3 Å². The second kappa shape index (κ2) is 10.6. The van der Waals surface area contributed by atoms with Gasteiger partial charge in [0.1, 0.15) is 0 Å². The molecule has 2 aromatic carbocycles. The van der Waals surface area contributed by atoms with Crippen molar-refractivity contribution in [1.82, 2.24) is 0 Å². The molecule has 2 N–H and O–H groups in total. The molecular formula is C14H10CeO10P2. The van der Waals surface area contributed by atoms with Gasteiger partial charge in [-0.05, 0) is 50.1 Å². The van der Waals surface area contributed by atoms with E-state index in [0.29, 0.717) is 0 Å². The number of carboxylic acids is 2. The summed E-state index contributed by atoms with van der Waals surface area (Å²) >= 11 is 0. The van der Waals surface area contributed by atoms with E-state index in [1.165, 1.54) is 0 Å². The van der Waals surface area contributed by atoms with E-state index in [9.17, 15) is 38.3 Å². The third-order valence-corrected chi connectivity index (χ3v) is 4.72. The molecule has 0 spiro atoms. The second-order valence-electron chi connectivity index (χ2n) is 4.70. The summed E-state index contributed by atoms with van der Waals surface area (Å²) in [5, 5.41) is 16.1. The van der Waals surface area contributed by atoms with Crippen molar-refractivity contribution >= 4 is 37.7 Å². The predicted octanol–water partition coefficient (Wildman–Crippen LogP) is -2.15. The maximum absolute atomic E-state index is 10.4. The molecule has 13 heteroatoms. The molecule has 0 heterocycles. The molecule has 0 aromatic heterocycles. The van der Waals surface area contributed by atoms with E-state index >= 15 is 0 Å². The monoisotopic (exact) mass is 540 g/mol. The molecule has 0 aliphatic rings. The van der Waals surface area contributed by atoms with E-state index < -0.39 is 37.7 Å². The molecule has 0 aliphatic carbocycles. The topological polar surface area (TPSA) is 201 Å². The van der Waals surface area contributed by atoms with Crippen molar-refractivity contribution in [2.75, 3.05) is 0 Å². The first-order valence-corrected chi connectivity index (χ1v) is 9.63. The fourth-order valence-electron chi connectivity index (χ4n) is 1.57. The molecule has 0 saturated carbocycles. The summed E-state index contributed by atoms with van der Waals surface area (Å²) in [7, 11) is -9.52. The number of carboxylic acid groups (broad SMARTS) is 2. The minimum Gasteiger partial charge on any atom is -0.807 e. The normalized spacial score (nSPS) is 10.8. The average Bonchev–Trinajstić information content (AvgIpc) is 2.54. The molecule has 0 aliphatic heterocycles. The Hall–Kier alpha value is -0.943. The first kappa shape index (κ1) is 26.1.